The summed E-state index contributed by atoms with van der Waals surface area (Å²) in [5.41, 5.74) is 0.586. The van der Waals surface area contributed by atoms with E-state index in [0.29, 0.717) is 18.7 Å². The smallest absolute Gasteiger partial charge is 0.308 e. The van der Waals surface area contributed by atoms with E-state index in [1.807, 2.05) is 13.0 Å². The first-order valence-corrected chi connectivity index (χ1v) is 6.56. The Morgan fingerprint density at radius 3 is 2.67 bits per heavy atom. The van der Waals surface area contributed by atoms with E-state index in [4.69, 9.17) is 5.11 Å². The summed E-state index contributed by atoms with van der Waals surface area (Å²) >= 11 is 3.32. The molecule has 4 nitrogen and oxygen atoms in total. The highest BCUT2D eigenvalue weighted by molar-refractivity contribution is 9.10. The predicted octanol–water partition coefficient (Wildman–Crippen LogP) is 2.24. The molecule has 2 atom stereocenters. The molecule has 2 rings (SSSR count). The fourth-order valence-corrected chi connectivity index (χ4v) is 2.66. The second kappa shape index (κ2) is 5.10. The second-order valence-electron chi connectivity index (χ2n) is 4.64. The highest BCUT2D eigenvalue weighted by Crippen LogP contribution is 2.25. The zero-order valence-corrected chi connectivity index (χ0v) is 11.6. The maximum Gasteiger partial charge on any atom is 0.308 e. The number of carbonyl (C=O) groups excluding carboxylic acids is 1. The number of likely N-dealkylation sites (tertiary alicyclic amines) is 1. The minimum atomic E-state index is -0.827. The van der Waals surface area contributed by atoms with Crippen LogP contribution >= 0.6 is 15.9 Å². The lowest BCUT2D eigenvalue weighted by molar-refractivity contribution is -0.142. The third kappa shape index (κ3) is 2.56. The molecule has 96 valence electrons. The van der Waals surface area contributed by atoms with Crippen LogP contribution in [0.1, 0.15) is 17.3 Å². The van der Waals surface area contributed by atoms with E-state index in [1.54, 1.807) is 23.1 Å². The molecular formula is C13H14BrNO3. The van der Waals surface area contributed by atoms with Crippen LogP contribution in [0.5, 0.6) is 0 Å². The van der Waals surface area contributed by atoms with Gasteiger partial charge in [-0.05, 0) is 24.1 Å². The lowest BCUT2D eigenvalue weighted by atomic mass is 9.99. The van der Waals surface area contributed by atoms with Gasteiger partial charge in [0.25, 0.3) is 5.91 Å². The summed E-state index contributed by atoms with van der Waals surface area (Å²) in [7, 11) is 0. The molecule has 5 heteroatoms. The zero-order valence-electron chi connectivity index (χ0n) is 9.97. The normalized spacial score (nSPS) is 23.1. The molecule has 1 aromatic carbocycles. The van der Waals surface area contributed by atoms with E-state index in [-0.39, 0.29) is 11.8 Å². The van der Waals surface area contributed by atoms with Crippen molar-refractivity contribution in [2.75, 3.05) is 13.1 Å². The standard InChI is InChI=1S/C13H14BrNO3/c1-8-6-15(7-11(8)13(17)18)12(16)9-3-2-4-10(14)5-9/h2-5,8,11H,6-7H2,1H3,(H,17,18). The van der Waals surface area contributed by atoms with Gasteiger partial charge in [-0.3, -0.25) is 9.59 Å². The first-order valence-electron chi connectivity index (χ1n) is 5.76. The SMILES string of the molecule is CC1CN(C(=O)c2cccc(Br)c2)CC1C(=O)O. The molecule has 0 spiro atoms. The van der Waals surface area contributed by atoms with E-state index < -0.39 is 11.9 Å². The number of aliphatic carboxylic acids is 1. The van der Waals surface area contributed by atoms with Gasteiger partial charge in [0.15, 0.2) is 0 Å². The number of carboxylic acids is 1. The predicted molar refractivity (Wildman–Crippen MR) is 70.3 cm³/mol. The van der Waals surface area contributed by atoms with Crippen LogP contribution in [0.25, 0.3) is 0 Å². The van der Waals surface area contributed by atoms with Crippen LogP contribution in [0.2, 0.25) is 0 Å². The molecule has 1 heterocycles. The van der Waals surface area contributed by atoms with Crippen molar-refractivity contribution in [2.45, 2.75) is 6.92 Å². The maximum absolute atomic E-state index is 12.2. The third-order valence-electron chi connectivity index (χ3n) is 3.29. The van der Waals surface area contributed by atoms with Crippen LogP contribution in [0.3, 0.4) is 0 Å². The quantitative estimate of drug-likeness (QED) is 0.911. The Morgan fingerprint density at radius 1 is 1.39 bits per heavy atom. The summed E-state index contributed by atoms with van der Waals surface area (Å²) < 4.78 is 0.843. The van der Waals surface area contributed by atoms with Gasteiger partial charge in [0.05, 0.1) is 5.92 Å². The Bertz CT molecular complexity index is 489. The van der Waals surface area contributed by atoms with E-state index in [9.17, 15) is 9.59 Å². The summed E-state index contributed by atoms with van der Waals surface area (Å²) in [5, 5.41) is 9.05. The van der Waals surface area contributed by atoms with E-state index in [1.165, 1.54) is 0 Å². The summed E-state index contributed by atoms with van der Waals surface area (Å²) in [6.45, 7) is 2.66. The Hall–Kier alpha value is -1.36. The largest absolute Gasteiger partial charge is 0.481 e. The van der Waals surface area contributed by atoms with Crippen molar-refractivity contribution in [1.82, 2.24) is 4.90 Å². The molecule has 1 N–H and O–H groups in total. The molecule has 2 unspecified atom stereocenters. The number of carboxylic acid groups (broad SMARTS) is 1. The first kappa shape index (κ1) is 13.1. The van der Waals surface area contributed by atoms with Crippen molar-refractivity contribution in [3.05, 3.63) is 34.3 Å². The number of hydrogen-bond acceptors (Lipinski definition) is 2. The van der Waals surface area contributed by atoms with Crippen molar-refractivity contribution < 1.29 is 14.7 Å². The van der Waals surface area contributed by atoms with Gasteiger partial charge in [-0.2, -0.15) is 0 Å². The van der Waals surface area contributed by atoms with E-state index in [0.717, 1.165) is 4.47 Å². The lowest BCUT2D eigenvalue weighted by Crippen LogP contribution is -2.29. The van der Waals surface area contributed by atoms with Crippen LogP contribution in [0.15, 0.2) is 28.7 Å². The number of benzene rings is 1. The summed E-state index contributed by atoms with van der Waals surface area (Å²) in [6, 6.07) is 7.14. The molecule has 0 bridgehead atoms. The highest BCUT2D eigenvalue weighted by Gasteiger charge is 2.37. The van der Waals surface area contributed by atoms with Crippen molar-refractivity contribution in [3.8, 4) is 0 Å². The number of halogens is 1. The Morgan fingerprint density at radius 2 is 2.11 bits per heavy atom. The van der Waals surface area contributed by atoms with Crippen molar-refractivity contribution >= 4 is 27.8 Å². The minimum absolute atomic E-state index is 0.00129. The fraction of sp³-hybridized carbons (Fsp3) is 0.385. The lowest BCUT2D eigenvalue weighted by Gasteiger charge is -2.16. The Kier molecular flexibility index (Phi) is 3.71. The molecule has 18 heavy (non-hydrogen) atoms. The molecule has 1 fully saturated rings. The monoisotopic (exact) mass is 311 g/mol. The van der Waals surface area contributed by atoms with Crippen molar-refractivity contribution in [3.63, 3.8) is 0 Å². The van der Waals surface area contributed by atoms with Gasteiger partial charge in [-0.1, -0.05) is 28.9 Å². The molecule has 1 amide bonds. The highest BCUT2D eigenvalue weighted by atomic mass is 79.9. The van der Waals surface area contributed by atoms with Gasteiger partial charge < -0.3 is 10.0 Å². The molecular weight excluding hydrogens is 298 g/mol. The number of carbonyl (C=O) groups is 2. The minimum Gasteiger partial charge on any atom is -0.481 e. The zero-order chi connectivity index (χ0) is 13.3. The molecule has 1 aliphatic heterocycles. The van der Waals surface area contributed by atoms with Gasteiger partial charge in [-0.15, -0.1) is 0 Å². The molecule has 1 saturated heterocycles. The van der Waals surface area contributed by atoms with Crippen molar-refractivity contribution in [2.24, 2.45) is 11.8 Å². The topological polar surface area (TPSA) is 57.6 Å². The third-order valence-corrected chi connectivity index (χ3v) is 3.78. The fourth-order valence-electron chi connectivity index (χ4n) is 2.26. The average Bonchev–Trinajstić information content (AvgIpc) is 2.70. The Labute approximate surface area is 114 Å². The summed E-state index contributed by atoms with van der Waals surface area (Å²) in [5.74, 6) is -1.39. The molecule has 0 aliphatic carbocycles. The van der Waals surface area contributed by atoms with Gasteiger partial charge in [0.2, 0.25) is 0 Å². The van der Waals surface area contributed by atoms with Crippen molar-refractivity contribution in [1.29, 1.82) is 0 Å². The van der Waals surface area contributed by atoms with Gasteiger partial charge in [0.1, 0.15) is 0 Å². The number of nitrogens with zero attached hydrogens (tertiary/aromatic N) is 1. The molecule has 1 aliphatic rings. The number of amides is 1. The number of hydrogen-bond donors (Lipinski definition) is 1. The number of rotatable bonds is 2. The van der Waals surface area contributed by atoms with Crippen LogP contribution < -0.4 is 0 Å². The van der Waals surface area contributed by atoms with Gasteiger partial charge in [-0.25, -0.2) is 0 Å². The molecule has 0 saturated carbocycles. The maximum atomic E-state index is 12.2. The van der Waals surface area contributed by atoms with Gasteiger partial charge in [0, 0.05) is 23.1 Å². The Balaban J connectivity index is 2.14. The van der Waals surface area contributed by atoms with Crippen LogP contribution in [0.4, 0.5) is 0 Å². The van der Waals surface area contributed by atoms with E-state index in [2.05, 4.69) is 15.9 Å². The van der Waals surface area contributed by atoms with Crippen LogP contribution in [0, 0.1) is 11.8 Å². The summed E-state index contributed by atoms with van der Waals surface area (Å²) in [4.78, 5) is 24.9. The van der Waals surface area contributed by atoms with Crippen LogP contribution in [-0.2, 0) is 4.79 Å². The van der Waals surface area contributed by atoms with E-state index >= 15 is 0 Å². The first-order chi connectivity index (χ1) is 8.49. The molecule has 1 aromatic rings. The second-order valence-corrected chi connectivity index (χ2v) is 5.56. The molecule has 0 radical (unpaired) electrons. The van der Waals surface area contributed by atoms with Gasteiger partial charge >= 0.3 is 5.97 Å². The molecule has 0 aromatic heterocycles. The summed E-state index contributed by atoms with van der Waals surface area (Å²) in [6.07, 6.45) is 0. The van der Waals surface area contributed by atoms with Crippen LogP contribution in [-0.4, -0.2) is 35.0 Å². The average molecular weight is 312 g/mol.